The van der Waals surface area contributed by atoms with E-state index in [0.717, 1.165) is 11.4 Å². The second-order valence-electron chi connectivity index (χ2n) is 6.81. The van der Waals surface area contributed by atoms with Crippen LogP contribution in [-0.4, -0.2) is 37.5 Å². The SMILES string of the molecule is COC(=O)NC(=O)N(S)c1ccc(NC(=O)COc2ccccc2)c(C(=O)c2ccccc2)c1. The van der Waals surface area contributed by atoms with E-state index in [-0.39, 0.29) is 23.5 Å². The molecule has 4 amide bonds. The maximum Gasteiger partial charge on any atom is 0.415 e. The number of carbonyl (C=O) groups excluding carboxylic acids is 4. The van der Waals surface area contributed by atoms with Crippen LogP contribution in [0.1, 0.15) is 15.9 Å². The number of ketones is 1. The number of nitrogens with one attached hydrogen (secondary N) is 2. The van der Waals surface area contributed by atoms with E-state index in [9.17, 15) is 19.2 Å². The Kier molecular flexibility index (Phi) is 8.25. The van der Waals surface area contributed by atoms with Crippen LogP contribution < -0.4 is 19.7 Å². The van der Waals surface area contributed by atoms with Gasteiger partial charge in [-0.1, -0.05) is 61.3 Å². The number of para-hydroxylation sites is 1. The largest absolute Gasteiger partial charge is 0.484 e. The topological polar surface area (TPSA) is 114 Å². The zero-order valence-electron chi connectivity index (χ0n) is 18.1. The molecule has 0 aliphatic heterocycles. The summed E-state index contributed by atoms with van der Waals surface area (Å²) in [5, 5.41) is 4.63. The lowest BCUT2D eigenvalue weighted by molar-refractivity contribution is -0.118. The third kappa shape index (κ3) is 6.36. The fourth-order valence-electron chi connectivity index (χ4n) is 2.87. The Hall–Kier alpha value is -4.31. The lowest BCUT2D eigenvalue weighted by Crippen LogP contribution is -2.38. The number of thiol groups is 1. The molecule has 0 saturated heterocycles. The summed E-state index contributed by atoms with van der Waals surface area (Å²) in [5.74, 6) is -0.349. The maximum absolute atomic E-state index is 13.2. The summed E-state index contributed by atoms with van der Waals surface area (Å²) in [7, 11) is 1.11. The molecule has 3 aromatic rings. The fourth-order valence-corrected chi connectivity index (χ4v) is 3.04. The van der Waals surface area contributed by atoms with Gasteiger partial charge in [0.05, 0.1) is 18.5 Å². The number of rotatable bonds is 7. The van der Waals surface area contributed by atoms with Crippen LogP contribution in [0.25, 0.3) is 0 Å². The number of urea groups is 1. The molecule has 0 unspecified atom stereocenters. The number of benzene rings is 3. The van der Waals surface area contributed by atoms with Gasteiger partial charge in [-0.25, -0.2) is 19.2 Å². The number of carbonyl (C=O) groups is 4. The number of anilines is 2. The normalized spacial score (nSPS) is 10.1. The van der Waals surface area contributed by atoms with E-state index < -0.39 is 23.8 Å². The van der Waals surface area contributed by atoms with Crippen molar-refractivity contribution in [2.24, 2.45) is 0 Å². The first-order valence-electron chi connectivity index (χ1n) is 9.98. The van der Waals surface area contributed by atoms with Crippen molar-refractivity contribution in [1.29, 1.82) is 0 Å². The van der Waals surface area contributed by atoms with Gasteiger partial charge in [0.1, 0.15) is 5.75 Å². The summed E-state index contributed by atoms with van der Waals surface area (Å²) in [4.78, 5) is 49.2. The highest BCUT2D eigenvalue weighted by Gasteiger charge is 2.21. The molecule has 0 radical (unpaired) electrons. The molecule has 174 valence electrons. The number of nitrogens with zero attached hydrogens (tertiary/aromatic N) is 1. The average Bonchev–Trinajstić information content (AvgIpc) is 2.87. The van der Waals surface area contributed by atoms with Crippen LogP contribution in [0.15, 0.2) is 78.9 Å². The van der Waals surface area contributed by atoms with Gasteiger partial charge in [-0.15, -0.1) is 0 Å². The first-order valence-corrected chi connectivity index (χ1v) is 10.4. The van der Waals surface area contributed by atoms with E-state index in [4.69, 9.17) is 4.74 Å². The van der Waals surface area contributed by atoms with E-state index in [0.29, 0.717) is 11.3 Å². The summed E-state index contributed by atoms with van der Waals surface area (Å²) in [5.41, 5.74) is 0.888. The smallest absolute Gasteiger partial charge is 0.415 e. The van der Waals surface area contributed by atoms with Crippen LogP contribution >= 0.6 is 12.8 Å². The Morgan fingerprint density at radius 3 is 2.21 bits per heavy atom. The van der Waals surface area contributed by atoms with Gasteiger partial charge in [0, 0.05) is 11.1 Å². The number of alkyl carbamates (subject to hydrolysis) is 1. The molecule has 0 aliphatic carbocycles. The predicted octanol–water partition coefficient (Wildman–Crippen LogP) is 4.06. The first-order chi connectivity index (χ1) is 16.4. The molecular weight excluding hydrogens is 458 g/mol. The molecule has 3 rings (SSSR count). The molecule has 10 heteroatoms. The number of imide groups is 1. The van der Waals surface area contributed by atoms with E-state index in [1.165, 1.54) is 18.2 Å². The molecule has 0 saturated carbocycles. The highest BCUT2D eigenvalue weighted by molar-refractivity contribution is 7.82. The van der Waals surface area contributed by atoms with Crippen LogP contribution in [0.2, 0.25) is 0 Å². The Morgan fingerprint density at radius 2 is 1.56 bits per heavy atom. The van der Waals surface area contributed by atoms with Crippen LogP contribution in [0.4, 0.5) is 21.0 Å². The van der Waals surface area contributed by atoms with E-state index in [1.54, 1.807) is 54.6 Å². The van der Waals surface area contributed by atoms with Crippen molar-refractivity contribution in [2.75, 3.05) is 23.3 Å². The molecule has 0 heterocycles. The van der Waals surface area contributed by atoms with Gasteiger partial charge in [-0.05, 0) is 30.3 Å². The quantitative estimate of drug-likeness (QED) is 0.348. The molecule has 0 aliphatic rings. The molecule has 0 aromatic heterocycles. The maximum atomic E-state index is 13.2. The van der Waals surface area contributed by atoms with Gasteiger partial charge in [0.15, 0.2) is 12.4 Å². The lowest BCUT2D eigenvalue weighted by atomic mass is 10.0. The fraction of sp³-hybridized carbons (Fsp3) is 0.0833. The zero-order valence-corrected chi connectivity index (χ0v) is 19.0. The molecule has 0 fully saturated rings. The zero-order chi connectivity index (χ0) is 24.5. The summed E-state index contributed by atoms with van der Waals surface area (Å²) >= 11 is 4.10. The molecule has 0 bridgehead atoms. The molecule has 9 nitrogen and oxygen atoms in total. The van der Waals surface area contributed by atoms with Crippen molar-refractivity contribution in [2.45, 2.75) is 0 Å². The third-order valence-electron chi connectivity index (χ3n) is 4.50. The standard InChI is InChI=1S/C24H21N3O6S/c1-32-24(31)26-23(30)27(34)17-12-13-20(19(14-17)22(29)16-8-4-2-5-9-16)25-21(28)15-33-18-10-6-3-7-11-18/h2-14,34H,15H2,1H3,(H,25,28)(H,26,30,31). The Balaban J connectivity index is 1.85. The third-order valence-corrected chi connectivity index (χ3v) is 4.91. The minimum atomic E-state index is -0.966. The number of ether oxygens (including phenoxy) is 2. The Morgan fingerprint density at radius 1 is 0.912 bits per heavy atom. The summed E-state index contributed by atoms with van der Waals surface area (Å²) in [6, 6.07) is 20.7. The van der Waals surface area contributed by atoms with Gasteiger partial charge >= 0.3 is 12.1 Å². The van der Waals surface area contributed by atoms with Crippen molar-refractivity contribution in [3.8, 4) is 5.75 Å². The minimum absolute atomic E-state index is 0.113. The van der Waals surface area contributed by atoms with Gasteiger partial charge in [0.2, 0.25) is 0 Å². The number of hydrogen-bond acceptors (Lipinski definition) is 7. The van der Waals surface area contributed by atoms with Gasteiger partial charge in [-0.2, -0.15) is 0 Å². The summed E-state index contributed by atoms with van der Waals surface area (Å²) in [6.45, 7) is -0.273. The molecule has 3 aromatic carbocycles. The highest BCUT2D eigenvalue weighted by Crippen LogP contribution is 2.27. The lowest BCUT2D eigenvalue weighted by Gasteiger charge is -2.18. The molecule has 0 atom stereocenters. The predicted molar refractivity (Wildman–Crippen MR) is 129 cm³/mol. The van der Waals surface area contributed by atoms with E-state index in [1.807, 2.05) is 11.4 Å². The van der Waals surface area contributed by atoms with Crippen LogP contribution in [0, 0.1) is 0 Å². The van der Waals surface area contributed by atoms with Crippen molar-refractivity contribution in [3.63, 3.8) is 0 Å². The van der Waals surface area contributed by atoms with Crippen molar-refractivity contribution < 1.29 is 28.7 Å². The number of methoxy groups -OCH3 is 1. The van der Waals surface area contributed by atoms with E-state index >= 15 is 0 Å². The van der Waals surface area contributed by atoms with Gasteiger partial charge in [-0.3, -0.25) is 9.59 Å². The molecule has 34 heavy (non-hydrogen) atoms. The van der Waals surface area contributed by atoms with Gasteiger partial charge < -0.3 is 14.8 Å². The van der Waals surface area contributed by atoms with E-state index in [2.05, 4.69) is 22.9 Å². The number of amides is 4. The van der Waals surface area contributed by atoms with Crippen LogP contribution in [-0.2, 0) is 9.53 Å². The van der Waals surface area contributed by atoms with Crippen LogP contribution in [0.3, 0.4) is 0 Å². The van der Waals surface area contributed by atoms with Crippen molar-refractivity contribution >= 4 is 48.0 Å². The first kappa shape index (κ1) is 24.3. The Bertz CT molecular complexity index is 1190. The molecule has 0 spiro atoms. The molecule has 2 N–H and O–H groups in total. The minimum Gasteiger partial charge on any atom is -0.484 e. The Labute approximate surface area is 201 Å². The average molecular weight is 480 g/mol. The van der Waals surface area contributed by atoms with Gasteiger partial charge in [0.25, 0.3) is 5.91 Å². The second-order valence-corrected chi connectivity index (χ2v) is 7.21. The summed E-state index contributed by atoms with van der Waals surface area (Å²) in [6.07, 6.45) is -0.966. The highest BCUT2D eigenvalue weighted by atomic mass is 32.1. The molecular formula is C24H21N3O6S. The van der Waals surface area contributed by atoms with Crippen molar-refractivity contribution in [1.82, 2.24) is 5.32 Å². The monoisotopic (exact) mass is 479 g/mol. The van der Waals surface area contributed by atoms with Crippen LogP contribution in [0.5, 0.6) is 5.75 Å². The van der Waals surface area contributed by atoms with Crippen molar-refractivity contribution in [3.05, 3.63) is 90.0 Å². The second kappa shape index (κ2) is 11.5. The number of hydrogen-bond donors (Lipinski definition) is 3. The summed E-state index contributed by atoms with van der Waals surface area (Å²) < 4.78 is 10.7.